The minimum atomic E-state index is -1.14. The smallest absolute Gasteiger partial charge is 0.326 e. The van der Waals surface area contributed by atoms with Gasteiger partial charge in [-0.25, -0.2) is 9.59 Å². The van der Waals surface area contributed by atoms with Crippen molar-refractivity contribution in [2.75, 3.05) is 6.61 Å². The first-order valence-electron chi connectivity index (χ1n) is 8.01. The maximum absolute atomic E-state index is 12.2. The molecule has 1 aromatic carbocycles. The molecule has 3 N–H and O–H groups in total. The summed E-state index contributed by atoms with van der Waals surface area (Å²) in [5.41, 5.74) is 0.406. The third kappa shape index (κ3) is 5.18. The molecular formula is C17H23N3O5. The Morgan fingerprint density at radius 1 is 1.32 bits per heavy atom. The van der Waals surface area contributed by atoms with Crippen LogP contribution in [0.1, 0.15) is 27.2 Å². The third-order valence-electron chi connectivity index (χ3n) is 3.56. The van der Waals surface area contributed by atoms with Crippen LogP contribution in [0.4, 0.5) is 0 Å². The number of H-pyrrole nitrogens is 1. The fourth-order valence-corrected chi connectivity index (χ4v) is 2.39. The van der Waals surface area contributed by atoms with Crippen LogP contribution in [0.25, 0.3) is 11.0 Å². The summed E-state index contributed by atoms with van der Waals surface area (Å²) >= 11 is 0. The second kappa shape index (κ2) is 7.52. The minimum Gasteiger partial charge on any atom is -0.480 e. The molecule has 0 bridgehead atoms. The van der Waals surface area contributed by atoms with Crippen LogP contribution in [0, 0.1) is 0 Å². The van der Waals surface area contributed by atoms with Gasteiger partial charge >= 0.3 is 11.7 Å². The van der Waals surface area contributed by atoms with Gasteiger partial charge in [0.1, 0.15) is 12.6 Å². The Kier molecular flexibility index (Phi) is 5.63. The predicted molar refractivity (Wildman–Crippen MR) is 92.4 cm³/mol. The van der Waals surface area contributed by atoms with Gasteiger partial charge in [-0.05, 0) is 32.9 Å². The van der Waals surface area contributed by atoms with Crippen LogP contribution in [0.3, 0.4) is 0 Å². The zero-order valence-electron chi connectivity index (χ0n) is 14.5. The number of para-hydroxylation sites is 2. The highest BCUT2D eigenvalue weighted by Crippen LogP contribution is 2.10. The molecule has 8 nitrogen and oxygen atoms in total. The molecule has 0 saturated heterocycles. The number of hydrogen-bond donors (Lipinski definition) is 3. The van der Waals surface area contributed by atoms with Crippen LogP contribution in [0.5, 0.6) is 0 Å². The van der Waals surface area contributed by atoms with Gasteiger partial charge in [-0.3, -0.25) is 9.36 Å². The number of carbonyl (C=O) groups is 2. The summed E-state index contributed by atoms with van der Waals surface area (Å²) in [6.45, 7) is 5.54. The summed E-state index contributed by atoms with van der Waals surface area (Å²) in [6, 6.07) is 5.91. The van der Waals surface area contributed by atoms with Gasteiger partial charge in [0.05, 0.1) is 16.6 Å². The number of hydrogen-bond acceptors (Lipinski definition) is 4. The van der Waals surface area contributed by atoms with Crippen molar-refractivity contribution >= 4 is 22.9 Å². The number of amides is 1. The molecule has 25 heavy (non-hydrogen) atoms. The van der Waals surface area contributed by atoms with Crippen LogP contribution in [0.2, 0.25) is 0 Å². The molecule has 1 aromatic heterocycles. The maximum Gasteiger partial charge on any atom is 0.326 e. The van der Waals surface area contributed by atoms with Gasteiger partial charge in [-0.1, -0.05) is 12.1 Å². The van der Waals surface area contributed by atoms with Crippen molar-refractivity contribution < 1.29 is 19.4 Å². The number of aromatic nitrogens is 2. The lowest BCUT2D eigenvalue weighted by molar-refractivity contribution is -0.142. The first kappa shape index (κ1) is 18.7. The Morgan fingerprint density at radius 3 is 2.64 bits per heavy atom. The quantitative estimate of drug-likeness (QED) is 0.693. The Labute approximate surface area is 144 Å². The highest BCUT2D eigenvalue weighted by atomic mass is 16.5. The van der Waals surface area contributed by atoms with Crippen LogP contribution in [0.15, 0.2) is 29.1 Å². The molecule has 8 heteroatoms. The van der Waals surface area contributed by atoms with E-state index in [0.29, 0.717) is 11.0 Å². The molecule has 0 spiro atoms. The molecule has 2 aromatic rings. The van der Waals surface area contributed by atoms with Crippen molar-refractivity contribution in [1.82, 2.24) is 14.9 Å². The van der Waals surface area contributed by atoms with Gasteiger partial charge in [-0.2, -0.15) is 0 Å². The average Bonchev–Trinajstić information content (AvgIpc) is 2.81. The van der Waals surface area contributed by atoms with Gasteiger partial charge < -0.3 is 20.1 Å². The Hall–Kier alpha value is -2.61. The van der Waals surface area contributed by atoms with E-state index in [4.69, 9.17) is 4.74 Å². The van der Waals surface area contributed by atoms with E-state index in [9.17, 15) is 19.5 Å². The summed E-state index contributed by atoms with van der Waals surface area (Å²) < 4.78 is 6.77. The van der Waals surface area contributed by atoms with E-state index in [-0.39, 0.29) is 25.2 Å². The number of carboxylic acid groups (broad SMARTS) is 1. The molecule has 1 atom stereocenters. The Morgan fingerprint density at radius 2 is 2.00 bits per heavy atom. The molecule has 136 valence electrons. The van der Waals surface area contributed by atoms with Crippen LogP contribution in [-0.2, 0) is 20.9 Å². The number of carboxylic acids is 1. The molecule has 0 fully saturated rings. The lowest BCUT2D eigenvalue weighted by Crippen LogP contribution is -2.44. The largest absolute Gasteiger partial charge is 0.480 e. The lowest BCUT2D eigenvalue weighted by atomic mass is 10.1. The number of carbonyl (C=O) groups excluding carboxylic acids is 1. The fraction of sp³-hybridized carbons (Fsp3) is 0.471. The van der Waals surface area contributed by atoms with E-state index >= 15 is 0 Å². The summed E-state index contributed by atoms with van der Waals surface area (Å²) in [5.74, 6) is -1.69. The molecule has 1 heterocycles. The van der Waals surface area contributed by atoms with Gasteiger partial charge in [0, 0.05) is 13.0 Å². The van der Waals surface area contributed by atoms with E-state index in [1.54, 1.807) is 24.3 Å². The van der Waals surface area contributed by atoms with Gasteiger partial charge in [0.25, 0.3) is 0 Å². The second-order valence-corrected chi connectivity index (χ2v) is 6.74. The summed E-state index contributed by atoms with van der Waals surface area (Å²) in [4.78, 5) is 38.1. The fourth-order valence-electron chi connectivity index (χ4n) is 2.39. The SMILES string of the molecule is CC(C)(C)OCCC(NC(=O)Cn1c(=O)[nH]c2ccccc21)C(=O)O. The normalized spacial score (nSPS) is 12.9. The van der Waals surface area contributed by atoms with E-state index in [0.717, 1.165) is 0 Å². The molecule has 1 unspecified atom stereocenters. The molecule has 0 aliphatic carbocycles. The first-order chi connectivity index (χ1) is 11.7. The number of aliphatic carboxylic acids is 1. The van der Waals surface area contributed by atoms with E-state index in [1.165, 1.54) is 4.57 Å². The Balaban J connectivity index is 2.02. The highest BCUT2D eigenvalue weighted by Gasteiger charge is 2.22. The number of fused-ring (bicyclic) bond motifs is 1. The molecule has 0 aliphatic heterocycles. The number of nitrogens with one attached hydrogen (secondary N) is 2. The van der Waals surface area contributed by atoms with Gasteiger partial charge in [0.2, 0.25) is 5.91 Å². The average molecular weight is 349 g/mol. The number of ether oxygens (including phenoxy) is 1. The van der Waals surface area contributed by atoms with Crippen LogP contribution < -0.4 is 11.0 Å². The number of nitrogens with zero attached hydrogens (tertiary/aromatic N) is 1. The molecule has 2 rings (SSSR count). The highest BCUT2D eigenvalue weighted by molar-refractivity contribution is 5.84. The number of benzene rings is 1. The maximum atomic E-state index is 12.2. The summed E-state index contributed by atoms with van der Waals surface area (Å²) in [5, 5.41) is 11.7. The van der Waals surface area contributed by atoms with Gasteiger partial charge in [0.15, 0.2) is 0 Å². The van der Waals surface area contributed by atoms with Crippen molar-refractivity contribution in [3.63, 3.8) is 0 Å². The topological polar surface area (TPSA) is 113 Å². The summed E-state index contributed by atoms with van der Waals surface area (Å²) in [6.07, 6.45) is 0.140. The van der Waals surface area contributed by atoms with Crippen LogP contribution >= 0.6 is 0 Å². The second-order valence-electron chi connectivity index (χ2n) is 6.74. The first-order valence-corrected chi connectivity index (χ1v) is 8.01. The van der Waals surface area contributed by atoms with Crippen molar-refractivity contribution in [3.05, 3.63) is 34.7 Å². The Bertz CT molecular complexity index is 816. The van der Waals surface area contributed by atoms with E-state index in [1.807, 2.05) is 20.8 Å². The van der Waals surface area contributed by atoms with Gasteiger partial charge in [-0.15, -0.1) is 0 Å². The third-order valence-corrected chi connectivity index (χ3v) is 3.56. The predicted octanol–water partition coefficient (Wildman–Crippen LogP) is 1.10. The number of rotatable bonds is 7. The standard InChI is InChI=1S/C17H23N3O5/c1-17(2,3)25-9-8-12(15(22)23)18-14(21)10-20-13-7-5-4-6-11(13)19-16(20)24/h4-7,12H,8-10H2,1-3H3,(H,18,21)(H,19,24)(H,22,23). The number of aromatic amines is 1. The molecule has 0 aliphatic rings. The van der Waals surface area contributed by atoms with Crippen molar-refractivity contribution in [2.45, 2.75) is 45.4 Å². The van der Waals surface area contributed by atoms with E-state index in [2.05, 4.69) is 10.3 Å². The zero-order valence-corrected chi connectivity index (χ0v) is 14.5. The lowest BCUT2D eigenvalue weighted by Gasteiger charge is -2.21. The van der Waals surface area contributed by atoms with Crippen molar-refractivity contribution in [3.8, 4) is 0 Å². The summed E-state index contributed by atoms with van der Waals surface area (Å²) in [7, 11) is 0. The van der Waals surface area contributed by atoms with E-state index < -0.39 is 23.6 Å². The molecule has 0 saturated carbocycles. The number of imidazole rings is 1. The molecule has 1 amide bonds. The molecular weight excluding hydrogens is 326 g/mol. The minimum absolute atomic E-state index is 0.140. The van der Waals surface area contributed by atoms with Crippen molar-refractivity contribution in [2.24, 2.45) is 0 Å². The zero-order chi connectivity index (χ0) is 18.6. The van der Waals surface area contributed by atoms with Crippen molar-refractivity contribution in [1.29, 1.82) is 0 Å². The van der Waals surface area contributed by atoms with Crippen LogP contribution in [-0.4, -0.2) is 44.8 Å². The monoisotopic (exact) mass is 349 g/mol. The molecule has 0 radical (unpaired) electrons.